The molecular formula is C34H44N2O5S. The lowest BCUT2D eigenvalue weighted by Crippen LogP contribution is -2.52. The van der Waals surface area contributed by atoms with E-state index in [1.165, 1.54) is 7.11 Å². The van der Waals surface area contributed by atoms with E-state index in [4.69, 9.17) is 9.47 Å². The van der Waals surface area contributed by atoms with Crippen LogP contribution in [0.5, 0.6) is 0 Å². The first-order valence-electron chi connectivity index (χ1n) is 14.9. The maximum Gasteiger partial charge on any atom is 0.408 e. The molecule has 2 heterocycles. The number of carbonyl (C=O) groups excluding carboxylic acids is 3. The first-order valence-corrected chi connectivity index (χ1v) is 15.9. The molecule has 7 nitrogen and oxygen atoms in total. The summed E-state index contributed by atoms with van der Waals surface area (Å²) in [4.78, 5) is 41.8. The Morgan fingerprint density at radius 1 is 0.952 bits per heavy atom. The van der Waals surface area contributed by atoms with Crippen LogP contribution in [0, 0.1) is 0 Å². The molecular weight excluding hydrogens is 548 g/mol. The number of esters is 1. The van der Waals surface area contributed by atoms with E-state index in [-0.39, 0.29) is 5.91 Å². The number of benzene rings is 2. The van der Waals surface area contributed by atoms with Gasteiger partial charge < -0.3 is 19.7 Å². The number of ether oxygens (including phenoxy) is 2. The molecule has 2 aliphatic rings. The lowest BCUT2D eigenvalue weighted by atomic mass is 9.93. The van der Waals surface area contributed by atoms with Crippen molar-refractivity contribution in [2.45, 2.75) is 88.1 Å². The first kappa shape index (κ1) is 31.7. The molecule has 2 aliphatic heterocycles. The monoisotopic (exact) mass is 592 g/mol. The largest absolute Gasteiger partial charge is 0.467 e. The molecule has 2 bridgehead atoms. The molecule has 2 aromatic carbocycles. The summed E-state index contributed by atoms with van der Waals surface area (Å²) >= 11 is 1.75. The van der Waals surface area contributed by atoms with Crippen LogP contribution < -0.4 is 5.32 Å². The van der Waals surface area contributed by atoms with Crippen molar-refractivity contribution in [2.24, 2.45) is 0 Å². The lowest BCUT2D eigenvalue weighted by Gasteiger charge is -2.31. The molecule has 0 unspecified atom stereocenters. The highest BCUT2D eigenvalue weighted by atomic mass is 32.2. The smallest absolute Gasteiger partial charge is 0.408 e. The quantitative estimate of drug-likeness (QED) is 0.308. The Morgan fingerprint density at radius 3 is 2.33 bits per heavy atom. The van der Waals surface area contributed by atoms with Crippen LogP contribution >= 0.6 is 11.8 Å². The van der Waals surface area contributed by atoms with Gasteiger partial charge in [0.15, 0.2) is 0 Å². The zero-order chi connectivity index (χ0) is 30.2. The van der Waals surface area contributed by atoms with Crippen molar-refractivity contribution in [3.8, 4) is 11.1 Å². The van der Waals surface area contributed by atoms with E-state index in [0.717, 1.165) is 54.5 Å². The van der Waals surface area contributed by atoms with Crippen molar-refractivity contribution in [1.82, 2.24) is 10.2 Å². The first-order chi connectivity index (χ1) is 20.1. The van der Waals surface area contributed by atoms with Crippen molar-refractivity contribution in [1.29, 1.82) is 0 Å². The number of amides is 2. The molecule has 226 valence electrons. The summed E-state index contributed by atoms with van der Waals surface area (Å²) in [6.07, 6.45) is 9.60. The number of methoxy groups -OCH3 is 1. The van der Waals surface area contributed by atoms with Crippen molar-refractivity contribution >= 4 is 29.7 Å². The molecule has 0 aromatic heterocycles. The molecule has 0 saturated carbocycles. The summed E-state index contributed by atoms with van der Waals surface area (Å²) in [5, 5.41) is 2.83. The Bertz CT molecular complexity index is 1240. The van der Waals surface area contributed by atoms with Crippen LogP contribution in [0.1, 0.15) is 71.3 Å². The molecule has 0 aliphatic carbocycles. The van der Waals surface area contributed by atoms with E-state index in [1.807, 2.05) is 18.2 Å². The summed E-state index contributed by atoms with van der Waals surface area (Å²) in [7, 11) is 1.36. The maximum absolute atomic E-state index is 14.2. The number of alkyl carbamates (subject to hydrolysis) is 1. The van der Waals surface area contributed by atoms with E-state index >= 15 is 0 Å². The number of thioether (sulfide) groups is 1. The van der Waals surface area contributed by atoms with E-state index in [1.54, 1.807) is 37.4 Å². The fraction of sp³-hybridized carbons (Fsp3) is 0.500. The van der Waals surface area contributed by atoms with E-state index < -0.39 is 34.5 Å². The van der Waals surface area contributed by atoms with Gasteiger partial charge in [-0.25, -0.2) is 9.59 Å². The standard InChI is InChI=1S/C34H44N2O5S/c1-33(2,3)41-32(39)35-28-17-13-8-6-5-7-9-14-22-42-34(23-29(31(38)40-4)36(24-34)30(28)37)27-20-18-26(19-21-27)25-15-11-10-12-16-25/h9-12,14-16,18-21,28-29H,5-8,13,17,22-24H2,1-4H3,(H,35,39)/b14-9-/t28-,29-,34-/m0/s1. The molecule has 3 atom stereocenters. The van der Waals surface area contributed by atoms with Crippen LogP contribution in [0.15, 0.2) is 66.7 Å². The molecule has 1 saturated heterocycles. The minimum absolute atomic E-state index is 0.273. The number of fused-ring (bicyclic) bond motifs is 2. The second kappa shape index (κ2) is 14.3. The third kappa shape index (κ3) is 8.18. The van der Waals surface area contributed by atoms with Gasteiger partial charge in [-0.05, 0) is 63.1 Å². The van der Waals surface area contributed by atoms with Gasteiger partial charge in [-0.15, -0.1) is 11.8 Å². The third-order valence-corrected chi connectivity index (χ3v) is 9.27. The maximum atomic E-state index is 14.2. The van der Waals surface area contributed by atoms with Crippen molar-refractivity contribution in [2.75, 3.05) is 19.4 Å². The van der Waals surface area contributed by atoms with Gasteiger partial charge in [-0.1, -0.05) is 86.0 Å². The minimum Gasteiger partial charge on any atom is -0.467 e. The molecule has 0 spiro atoms. The summed E-state index contributed by atoms with van der Waals surface area (Å²) in [5.74, 6) is 0.0418. The predicted octanol–water partition coefficient (Wildman–Crippen LogP) is 6.86. The van der Waals surface area contributed by atoms with E-state index in [2.05, 4.69) is 53.9 Å². The van der Waals surface area contributed by atoms with Crippen LogP contribution in [-0.4, -0.2) is 60.0 Å². The Labute approximate surface area is 254 Å². The van der Waals surface area contributed by atoms with Gasteiger partial charge in [-0.3, -0.25) is 4.79 Å². The second-order valence-electron chi connectivity index (χ2n) is 12.1. The normalized spacial score (nSPS) is 24.7. The summed E-state index contributed by atoms with van der Waals surface area (Å²) < 4.78 is 10.2. The minimum atomic E-state index is -0.795. The van der Waals surface area contributed by atoms with Crippen LogP contribution in [0.25, 0.3) is 11.1 Å². The lowest BCUT2D eigenvalue weighted by molar-refractivity contribution is -0.151. The van der Waals surface area contributed by atoms with Crippen LogP contribution in [-0.2, 0) is 23.8 Å². The Balaban J connectivity index is 1.70. The molecule has 8 heteroatoms. The van der Waals surface area contributed by atoms with Crippen LogP contribution in [0.2, 0.25) is 0 Å². The zero-order valence-corrected chi connectivity index (χ0v) is 26.1. The summed E-state index contributed by atoms with van der Waals surface area (Å²) in [6.45, 7) is 5.71. The number of rotatable bonds is 4. The van der Waals surface area contributed by atoms with Gasteiger partial charge in [0.05, 0.1) is 11.9 Å². The van der Waals surface area contributed by atoms with Crippen LogP contribution in [0.4, 0.5) is 4.79 Å². The Morgan fingerprint density at radius 2 is 1.64 bits per heavy atom. The fourth-order valence-corrected chi connectivity index (χ4v) is 7.07. The van der Waals surface area contributed by atoms with Crippen molar-refractivity contribution < 1.29 is 23.9 Å². The molecule has 1 N–H and O–H groups in total. The highest BCUT2D eigenvalue weighted by molar-refractivity contribution is 8.00. The van der Waals surface area contributed by atoms with Gasteiger partial charge in [0.1, 0.15) is 17.7 Å². The second-order valence-corrected chi connectivity index (χ2v) is 13.5. The molecule has 2 aromatic rings. The zero-order valence-electron chi connectivity index (χ0n) is 25.3. The van der Waals surface area contributed by atoms with Gasteiger partial charge in [0.25, 0.3) is 0 Å². The molecule has 2 amide bonds. The van der Waals surface area contributed by atoms with Crippen molar-refractivity contribution in [3.05, 3.63) is 72.3 Å². The number of carbonyl (C=O) groups is 3. The molecule has 1 fully saturated rings. The van der Waals surface area contributed by atoms with Gasteiger partial charge in [-0.2, -0.15) is 0 Å². The Kier molecular flexibility index (Phi) is 10.8. The molecule has 4 rings (SSSR count). The Hall–Kier alpha value is -3.26. The average molecular weight is 593 g/mol. The van der Waals surface area contributed by atoms with Gasteiger partial charge >= 0.3 is 12.1 Å². The molecule has 0 radical (unpaired) electrons. The van der Waals surface area contributed by atoms with E-state index in [9.17, 15) is 14.4 Å². The highest BCUT2D eigenvalue weighted by Crippen LogP contribution is 2.48. The topological polar surface area (TPSA) is 84.9 Å². The fourth-order valence-electron chi connectivity index (χ4n) is 5.71. The number of nitrogens with one attached hydrogen (secondary N) is 1. The number of hydrogen-bond acceptors (Lipinski definition) is 6. The summed E-state index contributed by atoms with van der Waals surface area (Å²) in [5.41, 5.74) is 2.60. The van der Waals surface area contributed by atoms with E-state index in [0.29, 0.717) is 19.4 Å². The van der Waals surface area contributed by atoms with Crippen molar-refractivity contribution in [3.63, 3.8) is 0 Å². The SMILES string of the molecule is COC(=O)[C@@H]1C[C@@]2(c3ccc(-c4ccccc4)cc3)CN1C(=O)[C@@H](NC(=O)OC(C)(C)C)CCCCCC/C=C\CS2. The number of hydrogen-bond donors (Lipinski definition) is 1. The third-order valence-electron chi connectivity index (χ3n) is 7.82. The van der Waals surface area contributed by atoms with Crippen LogP contribution in [0.3, 0.4) is 0 Å². The predicted molar refractivity (Wildman–Crippen MR) is 168 cm³/mol. The number of nitrogens with zero attached hydrogens (tertiary/aromatic N) is 1. The average Bonchev–Trinajstić information content (AvgIpc) is 3.36. The number of allylic oxidation sites excluding steroid dienone is 1. The van der Waals surface area contributed by atoms with Gasteiger partial charge in [0.2, 0.25) is 5.91 Å². The highest BCUT2D eigenvalue weighted by Gasteiger charge is 2.51. The molecule has 42 heavy (non-hydrogen) atoms. The summed E-state index contributed by atoms with van der Waals surface area (Å²) in [6, 6.07) is 17.1. The van der Waals surface area contributed by atoms with Gasteiger partial charge in [0, 0.05) is 12.3 Å².